The molecule has 0 fully saturated rings. The second kappa shape index (κ2) is 5.32. The van der Waals surface area contributed by atoms with E-state index in [2.05, 4.69) is 11.1 Å². The molecule has 0 saturated carbocycles. The zero-order chi connectivity index (χ0) is 13.8. The van der Waals surface area contributed by atoms with Crippen LogP contribution in [0.5, 0.6) is 0 Å². The van der Waals surface area contributed by atoms with Crippen molar-refractivity contribution in [1.29, 1.82) is 5.26 Å². The van der Waals surface area contributed by atoms with Crippen molar-refractivity contribution in [3.05, 3.63) is 53.7 Å². The lowest BCUT2D eigenvalue weighted by Gasteiger charge is -2.19. The van der Waals surface area contributed by atoms with Crippen molar-refractivity contribution in [3.8, 4) is 6.07 Å². The lowest BCUT2D eigenvalue weighted by atomic mass is 10.1. The van der Waals surface area contributed by atoms with Gasteiger partial charge in [-0.05, 0) is 31.2 Å². The van der Waals surface area contributed by atoms with Crippen molar-refractivity contribution >= 4 is 17.3 Å². The molecule has 1 aromatic heterocycles. The molecule has 0 N–H and O–H groups in total. The van der Waals surface area contributed by atoms with Crippen LogP contribution in [0.1, 0.15) is 22.8 Å². The quantitative estimate of drug-likeness (QED) is 0.787. The largest absolute Gasteiger partial charge is 0.328 e. The van der Waals surface area contributed by atoms with E-state index >= 15 is 0 Å². The minimum atomic E-state index is -0.00869. The van der Waals surface area contributed by atoms with Crippen LogP contribution < -0.4 is 4.90 Å². The van der Waals surface area contributed by atoms with E-state index in [0.29, 0.717) is 16.9 Å². The topological polar surface area (TPSA) is 57.0 Å². The zero-order valence-corrected chi connectivity index (χ0v) is 10.8. The maximum atomic E-state index is 11.4. The van der Waals surface area contributed by atoms with Gasteiger partial charge in [0.05, 0.1) is 11.3 Å². The first kappa shape index (κ1) is 12.8. The van der Waals surface area contributed by atoms with E-state index in [1.165, 1.54) is 6.92 Å². The van der Waals surface area contributed by atoms with E-state index < -0.39 is 0 Å². The van der Waals surface area contributed by atoms with Gasteiger partial charge in [-0.15, -0.1) is 0 Å². The van der Waals surface area contributed by atoms with Gasteiger partial charge in [0.1, 0.15) is 11.9 Å². The molecule has 19 heavy (non-hydrogen) atoms. The fraction of sp³-hybridized carbons (Fsp3) is 0.133. The van der Waals surface area contributed by atoms with Gasteiger partial charge in [-0.2, -0.15) is 5.26 Å². The van der Waals surface area contributed by atoms with Crippen LogP contribution in [-0.2, 0) is 0 Å². The monoisotopic (exact) mass is 251 g/mol. The SMILES string of the molecule is CC(=O)c1ccnc(N(C)c2ccccc2C#N)c1. The van der Waals surface area contributed by atoms with Crippen LogP contribution in [0.3, 0.4) is 0 Å². The third kappa shape index (κ3) is 2.61. The molecule has 0 aliphatic heterocycles. The zero-order valence-electron chi connectivity index (χ0n) is 10.8. The summed E-state index contributed by atoms with van der Waals surface area (Å²) in [5, 5.41) is 9.11. The Morgan fingerprint density at radius 2 is 2.05 bits per heavy atom. The number of hydrogen-bond acceptors (Lipinski definition) is 4. The van der Waals surface area contributed by atoms with Crippen molar-refractivity contribution in [2.45, 2.75) is 6.92 Å². The van der Waals surface area contributed by atoms with E-state index in [1.54, 1.807) is 29.3 Å². The van der Waals surface area contributed by atoms with Crippen molar-refractivity contribution < 1.29 is 4.79 Å². The average molecular weight is 251 g/mol. The normalized spacial score (nSPS) is 9.74. The lowest BCUT2D eigenvalue weighted by molar-refractivity contribution is 0.101. The third-order valence-electron chi connectivity index (χ3n) is 2.88. The van der Waals surface area contributed by atoms with Crippen LogP contribution in [0.4, 0.5) is 11.5 Å². The Bertz CT molecular complexity index is 658. The molecule has 0 bridgehead atoms. The molecular weight excluding hydrogens is 238 g/mol. The minimum Gasteiger partial charge on any atom is -0.328 e. The van der Waals surface area contributed by atoms with Crippen molar-refractivity contribution in [3.63, 3.8) is 0 Å². The maximum Gasteiger partial charge on any atom is 0.159 e. The third-order valence-corrected chi connectivity index (χ3v) is 2.88. The molecule has 0 unspecified atom stereocenters. The summed E-state index contributed by atoms with van der Waals surface area (Å²) in [7, 11) is 1.82. The van der Waals surface area contributed by atoms with Gasteiger partial charge in [0.25, 0.3) is 0 Å². The van der Waals surface area contributed by atoms with Gasteiger partial charge in [0.15, 0.2) is 5.78 Å². The molecule has 1 heterocycles. The number of carbonyl (C=O) groups is 1. The Morgan fingerprint density at radius 3 is 2.74 bits per heavy atom. The average Bonchev–Trinajstić information content (AvgIpc) is 2.46. The van der Waals surface area contributed by atoms with Gasteiger partial charge in [0.2, 0.25) is 0 Å². The summed E-state index contributed by atoms with van der Waals surface area (Å²) >= 11 is 0. The maximum absolute atomic E-state index is 11.4. The fourth-order valence-electron chi connectivity index (χ4n) is 1.80. The summed E-state index contributed by atoms with van der Waals surface area (Å²) in [6, 6.07) is 12.8. The Labute approximate surface area is 111 Å². The molecule has 0 atom stereocenters. The summed E-state index contributed by atoms with van der Waals surface area (Å²) in [4.78, 5) is 17.4. The van der Waals surface area contributed by atoms with Crippen molar-refractivity contribution in [2.24, 2.45) is 0 Å². The highest BCUT2D eigenvalue weighted by molar-refractivity contribution is 5.94. The lowest BCUT2D eigenvalue weighted by Crippen LogP contribution is -2.13. The van der Waals surface area contributed by atoms with Gasteiger partial charge in [-0.3, -0.25) is 4.79 Å². The first-order chi connectivity index (χ1) is 9.13. The summed E-state index contributed by atoms with van der Waals surface area (Å²) in [6.45, 7) is 1.52. The van der Waals surface area contributed by atoms with Gasteiger partial charge in [-0.1, -0.05) is 12.1 Å². The van der Waals surface area contributed by atoms with E-state index in [9.17, 15) is 4.79 Å². The van der Waals surface area contributed by atoms with Crippen LogP contribution in [0.15, 0.2) is 42.6 Å². The second-order valence-electron chi connectivity index (χ2n) is 4.15. The predicted octanol–water partition coefficient (Wildman–Crippen LogP) is 2.92. The van der Waals surface area contributed by atoms with E-state index in [0.717, 1.165) is 5.69 Å². The molecule has 4 nitrogen and oxygen atoms in total. The number of para-hydroxylation sites is 1. The standard InChI is InChI=1S/C15H13N3O/c1-11(19)12-7-8-17-15(9-12)18(2)14-6-4-3-5-13(14)10-16/h3-9H,1-2H3. The van der Waals surface area contributed by atoms with E-state index in [1.807, 2.05) is 25.2 Å². The van der Waals surface area contributed by atoms with Gasteiger partial charge in [0, 0.05) is 18.8 Å². The predicted molar refractivity (Wildman–Crippen MR) is 73.5 cm³/mol. The molecule has 0 radical (unpaired) electrons. The molecule has 2 rings (SSSR count). The number of aromatic nitrogens is 1. The highest BCUT2D eigenvalue weighted by atomic mass is 16.1. The molecule has 94 valence electrons. The number of nitriles is 1. The fourth-order valence-corrected chi connectivity index (χ4v) is 1.80. The van der Waals surface area contributed by atoms with Crippen molar-refractivity contribution in [1.82, 2.24) is 4.98 Å². The van der Waals surface area contributed by atoms with Gasteiger partial charge >= 0.3 is 0 Å². The molecule has 0 spiro atoms. The Kier molecular flexibility index (Phi) is 3.58. The van der Waals surface area contributed by atoms with Crippen LogP contribution >= 0.6 is 0 Å². The molecule has 1 aromatic carbocycles. The van der Waals surface area contributed by atoms with Crippen LogP contribution in [0.2, 0.25) is 0 Å². The summed E-state index contributed by atoms with van der Waals surface area (Å²) in [6.07, 6.45) is 1.59. The minimum absolute atomic E-state index is 0.00869. The number of rotatable bonds is 3. The molecule has 4 heteroatoms. The first-order valence-corrected chi connectivity index (χ1v) is 5.83. The highest BCUT2D eigenvalue weighted by Crippen LogP contribution is 2.25. The molecule has 0 aliphatic rings. The molecule has 0 amide bonds. The van der Waals surface area contributed by atoms with Crippen LogP contribution in [0.25, 0.3) is 0 Å². The number of nitrogens with zero attached hydrogens (tertiary/aromatic N) is 3. The number of benzene rings is 1. The Balaban J connectivity index is 2.44. The summed E-state index contributed by atoms with van der Waals surface area (Å²) < 4.78 is 0. The summed E-state index contributed by atoms with van der Waals surface area (Å²) in [5.74, 6) is 0.626. The van der Waals surface area contributed by atoms with Crippen molar-refractivity contribution in [2.75, 3.05) is 11.9 Å². The molecular formula is C15H13N3O. The van der Waals surface area contributed by atoms with Gasteiger partial charge < -0.3 is 4.90 Å². The number of Topliss-reactive ketones (excluding diaryl/α,β-unsaturated/α-hetero) is 1. The van der Waals surface area contributed by atoms with Crippen LogP contribution in [-0.4, -0.2) is 17.8 Å². The summed E-state index contributed by atoms with van der Waals surface area (Å²) in [5.41, 5.74) is 1.93. The van der Waals surface area contributed by atoms with Crippen LogP contribution in [0, 0.1) is 11.3 Å². The van der Waals surface area contributed by atoms with Gasteiger partial charge in [-0.25, -0.2) is 4.98 Å². The number of carbonyl (C=O) groups excluding carboxylic acids is 1. The Morgan fingerprint density at radius 1 is 1.32 bits per heavy atom. The molecule has 2 aromatic rings. The molecule has 0 saturated heterocycles. The first-order valence-electron chi connectivity index (χ1n) is 5.83. The van der Waals surface area contributed by atoms with E-state index in [-0.39, 0.29) is 5.78 Å². The second-order valence-corrected chi connectivity index (χ2v) is 4.15. The number of ketones is 1. The smallest absolute Gasteiger partial charge is 0.159 e. The van der Waals surface area contributed by atoms with E-state index in [4.69, 9.17) is 5.26 Å². The number of anilines is 2. The molecule has 0 aliphatic carbocycles. The Hall–Kier alpha value is -2.67. The number of pyridine rings is 1. The highest BCUT2D eigenvalue weighted by Gasteiger charge is 2.11. The number of hydrogen-bond donors (Lipinski definition) is 0.